The highest BCUT2D eigenvalue weighted by Crippen LogP contribution is 2.45. The molecule has 0 fully saturated rings. The number of halogens is 6. The first-order valence-electron chi connectivity index (χ1n) is 5.28. The lowest BCUT2D eigenvalue weighted by Gasteiger charge is -2.33. The summed E-state index contributed by atoms with van der Waals surface area (Å²) in [6.45, 7) is -0.980. The van der Waals surface area contributed by atoms with Crippen LogP contribution in [0.15, 0.2) is 24.3 Å². The van der Waals surface area contributed by atoms with Crippen LogP contribution in [0.4, 0.5) is 26.3 Å². The quantitative estimate of drug-likeness (QED) is 0.791. The average molecular weight is 297 g/mol. The molecular weight excluding hydrogens is 288 g/mol. The van der Waals surface area contributed by atoms with Crippen LogP contribution in [0.5, 0.6) is 0 Å². The summed E-state index contributed by atoms with van der Waals surface area (Å²) in [6, 6.07) is 6.87. The van der Waals surface area contributed by atoms with E-state index in [9.17, 15) is 26.3 Å². The Morgan fingerprint density at radius 3 is 2.10 bits per heavy atom. The number of rotatable bonds is 3. The number of nitrogens with zero attached hydrogens (tertiary/aromatic N) is 1. The van der Waals surface area contributed by atoms with Crippen molar-refractivity contribution in [3.8, 4) is 6.07 Å². The summed E-state index contributed by atoms with van der Waals surface area (Å²) < 4.78 is 79.4. The van der Waals surface area contributed by atoms with Crippen molar-refractivity contribution < 1.29 is 31.1 Å². The summed E-state index contributed by atoms with van der Waals surface area (Å²) in [7, 11) is 0. The molecule has 0 aliphatic rings. The van der Waals surface area contributed by atoms with Crippen LogP contribution < -0.4 is 0 Å². The normalized spacial score (nSPS) is 13.1. The lowest BCUT2D eigenvalue weighted by atomic mass is 10.1. The molecule has 0 radical (unpaired) electrons. The fraction of sp³-hybridized carbons (Fsp3) is 0.417. The maximum atomic E-state index is 12.6. The minimum atomic E-state index is -5.60. The van der Waals surface area contributed by atoms with E-state index in [1.165, 1.54) is 18.2 Å². The van der Waals surface area contributed by atoms with Crippen LogP contribution in [0, 0.1) is 11.3 Å². The van der Waals surface area contributed by atoms with Crippen molar-refractivity contribution >= 4 is 0 Å². The van der Waals surface area contributed by atoms with E-state index in [4.69, 9.17) is 5.26 Å². The second-order valence-electron chi connectivity index (χ2n) is 4.13. The highest BCUT2D eigenvalue weighted by Gasteiger charge is 2.69. The third-order valence-corrected chi connectivity index (χ3v) is 2.67. The van der Waals surface area contributed by atoms with E-state index in [-0.39, 0.29) is 18.1 Å². The maximum absolute atomic E-state index is 12.6. The number of nitriles is 1. The van der Waals surface area contributed by atoms with Gasteiger partial charge in [-0.15, -0.1) is 0 Å². The van der Waals surface area contributed by atoms with E-state index < -0.39 is 24.6 Å². The van der Waals surface area contributed by atoms with E-state index in [1.807, 2.05) is 0 Å². The molecule has 1 aromatic carbocycles. The summed E-state index contributed by atoms with van der Waals surface area (Å²) in [5.41, 5.74) is -4.10. The SMILES string of the molecule is CC(OCc1cccc(C#N)c1)(C(F)(F)F)C(F)(F)F. The summed E-state index contributed by atoms with van der Waals surface area (Å²) in [5, 5.41) is 8.60. The number of ether oxygens (including phenoxy) is 1. The molecule has 0 N–H and O–H groups in total. The molecule has 0 aromatic heterocycles. The second kappa shape index (κ2) is 5.32. The van der Waals surface area contributed by atoms with Crippen LogP contribution in [0.3, 0.4) is 0 Å². The summed E-state index contributed by atoms with van der Waals surface area (Å²) in [6.07, 6.45) is -11.2. The molecule has 20 heavy (non-hydrogen) atoms. The highest BCUT2D eigenvalue weighted by molar-refractivity contribution is 5.32. The van der Waals surface area contributed by atoms with E-state index in [0.717, 1.165) is 6.07 Å². The van der Waals surface area contributed by atoms with Crippen LogP contribution in [0.1, 0.15) is 18.1 Å². The number of benzene rings is 1. The van der Waals surface area contributed by atoms with Crippen LogP contribution in [0.25, 0.3) is 0 Å². The van der Waals surface area contributed by atoms with Crippen LogP contribution >= 0.6 is 0 Å². The predicted octanol–water partition coefficient (Wildman–Crippen LogP) is 3.96. The fourth-order valence-corrected chi connectivity index (χ4v) is 1.28. The smallest absolute Gasteiger partial charge is 0.353 e. The molecule has 0 unspecified atom stereocenters. The van der Waals surface area contributed by atoms with Gasteiger partial charge in [-0.2, -0.15) is 31.6 Å². The van der Waals surface area contributed by atoms with Crippen molar-refractivity contribution in [1.82, 2.24) is 0 Å². The molecule has 0 saturated heterocycles. The summed E-state index contributed by atoms with van der Waals surface area (Å²) >= 11 is 0. The Hall–Kier alpha value is -1.75. The van der Waals surface area contributed by atoms with Crippen molar-refractivity contribution in [2.75, 3.05) is 0 Å². The number of hydrogen-bond acceptors (Lipinski definition) is 2. The Morgan fingerprint density at radius 2 is 1.65 bits per heavy atom. The Morgan fingerprint density at radius 1 is 1.10 bits per heavy atom. The lowest BCUT2D eigenvalue weighted by molar-refractivity contribution is -0.377. The van der Waals surface area contributed by atoms with E-state index in [1.54, 1.807) is 6.07 Å². The lowest BCUT2D eigenvalue weighted by Crippen LogP contribution is -2.56. The summed E-state index contributed by atoms with van der Waals surface area (Å²) in [5.74, 6) is 0. The first-order valence-corrected chi connectivity index (χ1v) is 5.28. The van der Waals surface area contributed by atoms with Gasteiger partial charge < -0.3 is 4.74 Å². The predicted molar refractivity (Wildman–Crippen MR) is 56.5 cm³/mol. The van der Waals surface area contributed by atoms with Crippen LogP contribution in [0.2, 0.25) is 0 Å². The minimum absolute atomic E-state index is 0.0452. The molecule has 1 aromatic rings. The van der Waals surface area contributed by atoms with Crippen molar-refractivity contribution in [3.05, 3.63) is 35.4 Å². The molecule has 0 amide bonds. The Bertz CT molecular complexity index is 500. The van der Waals surface area contributed by atoms with Gasteiger partial charge in [-0.05, 0) is 24.6 Å². The van der Waals surface area contributed by atoms with Gasteiger partial charge in [0, 0.05) is 0 Å². The van der Waals surface area contributed by atoms with E-state index >= 15 is 0 Å². The van der Waals surface area contributed by atoms with Crippen molar-refractivity contribution in [2.24, 2.45) is 0 Å². The van der Waals surface area contributed by atoms with Gasteiger partial charge in [0.05, 0.1) is 18.2 Å². The van der Waals surface area contributed by atoms with Crippen molar-refractivity contribution in [3.63, 3.8) is 0 Å². The van der Waals surface area contributed by atoms with Gasteiger partial charge in [-0.3, -0.25) is 0 Å². The monoisotopic (exact) mass is 297 g/mol. The molecule has 2 nitrogen and oxygen atoms in total. The second-order valence-corrected chi connectivity index (χ2v) is 4.13. The zero-order chi connectivity index (χ0) is 15.6. The largest absolute Gasteiger partial charge is 0.426 e. The molecule has 0 bridgehead atoms. The molecule has 0 heterocycles. The number of alkyl halides is 6. The zero-order valence-electron chi connectivity index (χ0n) is 10.1. The molecule has 8 heteroatoms. The molecule has 0 spiro atoms. The molecule has 0 saturated carbocycles. The Kier molecular flexibility index (Phi) is 4.34. The molecule has 0 aliphatic carbocycles. The standard InChI is InChI=1S/C12H9F6NO/c1-10(11(13,14)15,12(16,17)18)20-7-9-4-2-3-8(5-9)6-19/h2-5H,7H2,1H3. The molecule has 0 aliphatic heterocycles. The molecule has 0 atom stereocenters. The first kappa shape index (κ1) is 16.3. The average Bonchev–Trinajstić information content (AvgIpc) is 2.33. The fourth-order valence-electron chi connectivity index (χ4n) is 1.28. The third-order valence-electron chi connectivity index (χ3n) is 2.67. The maximum Gasteiger partial charge on any atom is 0.426 e. The third kappa shape index (κ3) is 3.22. The van der Waals surface area contributed by atoms with E-state index in [2.05, 4.69) is 4.74 Å². The first-order chi connectivity index (χ1) is 9.01. The molecular formula is C12H9F6NO. The Labute approximate surface area is 110 Å². The van der Waals surface area contributed by atoms with Crippen molar-refractivity contribution in [1.29, 1.82) is 5.26 Å². The Balaban J connectivity index is 2.97. The van der Waals surface area contributed by atoms with Gasteiger partial charge in [0.2, 0.25) is 0 Å². The molecule has 110 valence electrons. The van der Waals surface area contributed by atoms with Crippen molar-refractivity contribution in [2.45, 2.75) is 31.5 Å². The number of hydrogen-bond donors (Lipinski definition) is 0. The zero-order valence-corrected chi connectivity index (χ0v) is 10.1. The van der Waals surface area contributed by atoms with Gasteiger partial charge >= 0.3 is 12.4 Å². The van der Waals surface area contributed by atoms with Gasteiger partial charge in [-0.25, -0.2) is 0 Å². The summed E-state index contributed by atoms with van der Waals surface area (Å²) in [4.78, 5) is 0. The van der Waals surface area contributed by atoms with Gasteiger partial charge in [-0.1, -0.05) is 12.1 Å². The van der Waals surface area contributed by atoms with Crippen LogP contribution in [-0.2, 0) is 11.3 Å². The topological polar surface area (TPSA) is 33.0 Å². The highest BCUT2D eigenvalue weighted by atomic mass is 19.4. The van der Waals surface area contributed by atoms with Crippen LogP contribution in [-0.4, -0.2) is 18.0 Å². The minimum Gasteiger partial charge on any atom is -0.353 e. The van der Waals surface area contributed by atoms with Gasteiger partial charge in [0.15, 0.2) is 0 Å². The van der Waals surface area contributed by atoms with E-state index in [0.29, 0.717) is 0 Å². The molecule has 1 rings (SSSR count). The van der Waals surface area contributed by atoms with Gasteiger partial charge in [0.25, 0.3) is 5.60 Å². The van der Waals surface area contributed by atoms with Gasteiger partial charge in [0.1, 0.15) is 0 Å².